The molecule has 0 aromatic heterocycles. The van der Waals surface area contributed by atoms with Gasteiger partial charge in [0.15, 0.2) is 6.29 Å². The zero-order valence-corrected chi connectivity index (χ0v) is 18.3. The van der Waals surface area contributed by atoms with Gasteiger partial charge in [-0.05, 0) is 20.3 Å². The van der Waals surface area contributed by atoms with Crippen molar-refractivity contribution in [3.8, 4) is 0 Å². The Morgan fingerprint density at radius 3 is 2.33 bits per heavy atom. The van der Waals surface area contributed by atoms with Gasteiger partial charge in [-0.25, -0.2) is 4.79 Å². The Morgan fingerprint density at radius 2 is 1.76 bits per heavy atom. The van der Waals surface area contributed by atoms with Crippen LogP contribution in [0, 0.1) is 0 Å². The number of carboxylic acids is 2. The van der Waals surface area contributed by atoms with Crippen LogP contribution >= 0.6 is 0 Å². The van der Waals surface area contributed by atoms with Crippen molar-refractivity contribution < 1.29 is 53.5 Å². The van der Waals surface area contributed by atoms with Crippen molar-refractivity contribution in [2.24, 2.45) is 0 Å². The van der Waals surface area contributed by atoms with Gasteiger partial charge in [0.1, 0.15) is 42.5 Å². The number of carbonyl (C=O) groups excluding carboxylic acids is 3. The molecule has 2 rings (SSSR count). The molecule has 0 radical (unpaired) electrons. The number of fused-ring (bicyclic) bond motifs is 2. The van der Waals surface area contributed by atoms with Gasteiger partial charge in [-0.15, -0.1) is 0 Å². The molecule has 8 atom stereocenters. The summed E-state index contributed by atoms with van der Waals surface area (Å²) in [4.78, 5) is 58.2. The number of nitrogens with one attached hydrogen (secondary N) is 3. The lowest BCUT2D eigenvalue weighted by Gasteiger charge is -2.39. The monoisotopic (exact) mass is 475 g/mol. The Labute approximate surface area is 188 Å². The van der Waals surface area contributed by atoms with E-state index >= 15 is 0 Å². The van der Waals surface area contributed by atoms with Crippen molar-refractivity contribution in [3.63, 3.8) is 0 Å². The largest absolute Gasteiger partial charge is 0.481 e. The fourth-order valence-corrected chi connectivity index (χ4v) is 3.45. The van der Waals surface area contributed by atoms with E-state index in [-0.39, 0.29) is 13.0 Å². The second-order valence-electron chi connectivity index (χ2n) is 7.90. The molecule has 3 amide bonds. The first-order valence-corrected chi connectivity index (χ1v) is 10.3. The Morgan fingerprint density at radius 1 is 1.09 bits per heavy atom. The predicted molar refractivity (Wildman–Crippen MR) is 107 cm³/mol. The van der Waals surface area contributed by atoms with Gasteiger partial charge in [-0.1, -0.05) is 0 Å². The van der Waals surface area contributed by atoms with Crippen LogP contribution in [-0.2, 0) is 38.2 Å². The van der Waals surface area contributed by atoms with Crippen molar-refractivity contribution >= 4 is 29.7 Å². The van der Waals surface area contributed by atoms with E-state index in [2.05, 4.69) is 16.0 Å². The van der Waals surface area contributed by atoms with Crippen molar-refractivity contribution in [2.45, 2.75) is 82.4 Å². The summed E-state index contributed by atoms with van der Waals surface area (Å²) >= 11 is 0. The van der Waals surface area contributed by atoms with Crippen LogP contribution in [0.2, 0.25) is 0 Å². The minimum absolute atomic E-state index is 0.0895. The van der Waals surface area contributed by atoms with Gasteiger partial charge < -0.3 is 45.5 Å². The molecule has 0 spiro atoms. The third-order valence-electron chi connectivity index (χ3n) is 5.21. The molecule has 0 aliphatic carbocycles. The van der Waals surface area contributed by atoms with Crippen molar-refractivity contribution in [1.29, 1.82) is 0 Å². The molecule has 2 aliphatic rings. The lowest BCUT2D eigenvalue weighted by Crippen LogP contribution is -2.62. The highest BCUT2D eigenvalue weighted by Gasteiger charge is 2.52. The summed E-state index contributed by atoms with van der Waals surface area (Å²) in [5, 5.41) is 35.5. The Balaban J connectivity index is 1.95. The predicted octanol–water partition coefficient (Wildman–Crippen LogP) is -2.68. The minimum Gasteiger partial charge on any atom is -0.481 e. The van der Waals surface area contributed by atoms with Crippen LogP contribution in [0.1, 0.15) is 33.6 Å². The quantitative estimate of drug-likeness (QED) is 0.181. The van der Waals surface area contributed by atoms with Gasteiger partial charge in [0.25, 0.3) is 0 Å². The van der Waals surface area contributed by atoms with E-state index in [1.807, 2.05) is 0 Å². The number of aliphatic carboxylic acids is 2. The summed E-state index contributed by atoms with van der Waals surface area (Å²) in [6, 6.07) is -3.48. The lowest BCUT2D eigenvalue weighted by atomic mass is 9.98. The fraction of sp³-hybridized carbons (Fsp3) is 0.737. The van der Waals surface area contributed by atoms with Crippen LogP contribution in [0.15, 0.2) is 0 Å². The molecule has 0 aromatic carbocycles. The molecule has 33 heavy (non-hydrogen) atoms. The van der Waals surface area contributed by atoms with E-state index in [0.29, 0.717) is 0 Å². The Bertz CT molecular complexity index is 776. The molecule has 2 aliphatic heterocycles. The zero-order chi connectivity index (χ0) is 24.9. The van der Waals surface area contributed by atoms with E-state index in [0.717, 1.165) is 0 Å². The van der Waals surface area contributed by atoms with Gasteiger partial charge in [0.2, 0.25) is 17.7 Å². The normalized spacial score (nSPS) is 28.8. The maximum absolute atomic E-state index is 12.5. The molecule has 2 heterocycles. The Hall–Kier alpha value is -2.81. The number of rotatable bonds is 11. The highest BCUT2D eigenvalue weighted by molar-refractivity contribution is 5.91. The SMILES string of the molecule is CC(=O)NC1C2OCC(O2)C(O)C1OC(C)C(=O)NC(C)C(=O)NC(CCC(=O)O)C(=O)O. The van der Waals surface area contributed by atoms with Crippen molar-refractivity contribution in [3.05, 3.63) is 0 Å². The first-order chi connectivity index (χ1) is 15.4. The summed E-state index contributed by atoms with van der Waals surface area (Å²) in [7, 11) is 0. The van der Waals surface area contributed by atoms with Crippen LogP contribution in [0.4, 0.5) is 0 Å². The second-order valence-corrected chi connectivity index (χ2v) is 7.90. The van der Waals surface area contributed by atoms with E-state index in [1.165, 1.54) is 20.8 Å². The van der Waals surface area contributed by atoms with Crippen LogP contribution in [0.25, 0.3) is 0 Å². The van der Waals surface area contributed by atoms with E-state index in [1.54, 1.807) is 0 Å². The summed E-state index contributed by atoms with van der Waals surface area (Å²) in [6.45, 7) is 4.05. The summed E-state index contributed by atoms with van der Waals surface area (Å²) in [5.41, 5.74) is 0. The van der Waals surface area contributed by atoms with Crippen molar-refractivity contribution in [1.82, 2.24) is 16.0 Å². The van der Waals surface area contributed by atoms with Crippen LogP contribution in [-0.4, -0.2) is 100 Å². The summed E-state index contributed by atoms with van der Waals surface area (Å²) in [6.07, 6.45) is -5.73. The van der Waals surface area contributed by atoms with Gasteiger partial charge >= 0.3 is 11.9 Å². The smallest absolute Gasteiger partial charge is 0.326 e. The lowest BCUT2D eigenvalue weighted by molar-refractivity contribution is -0.209. The molecule has 8 unspecified atom stereocenters. The average Bonchev–Trinajstić information content (AvgIpc) is 3.17. The second kappa shape index (κ2) is 11.4. The highest BCUT2D eigenvalue weighted by atomic mass is 16.7. The van der Waals surface area contributed by atoms with E-state index in [9.17, 15) is 29.1 Å². The molecule has 14 heteroatoms. The van der Waals surface area contributed by atoms with Crippen LogP contribution in [0.3, 0.4) is 0 Å². The fourth-order valence-electron chi connectivity index (χ4n) is 3.45. The number of hydrogen-bond acceptors (Lipinski definition) is 9. The van der Waals surface area contributed by atoms with Crippen LogP contribution < -0.4 is 16.0 Å². The summed E-state index contributed by atoms with van der Waals surface area (Å²) < 4.78 is 16.6. The molecule has 0 aromatic rings. The molecule has 186 valence electrons. The third-order valence-corrected chi connectivity index (χ3v) is 5.21. The topological polar surface area (TPSA) is 210 Å². The number of aliphatic hydroxyl groups is 1. The third kappa shape index (κ3) is 7.08. The van der Waals surface area contributed by atoms with Gasteiger partial charge in [0, 0.05) is 13.3 Å². The molecule has 0 saturated carbocycles. The van der Waals surface area contributed by atoms with Gasteiger partial charge in [-0.2, -0.15) is 0 Å². The molecule has 2 bridgehead atoms. The number of aliphatic hydroxyl groups excluding tert-OH is 1. The number of hydrogen-bond donors (Lipinski definition) is 6. The molecular weight excluding hydrogens is 446 g/mol. The first kappa shape index (κ1) is 26.4. The zero-order valence-electron chi connectivity index (χ0n) is 18.3. The van der Waals surface area contributed by atoms with Crippen molar-refractivity contribution in [2.75, 3.05) is 6.61 Å². The molecule has 2 fully saturated rings. The standard InChI is InChI=1S/C19H29N3O11/c1-7(16(27)22-10(18(29)30)4-5-12(24)25)20-17(28)8(2)32-15-13(21-9(3)23)19-31-6-11(33-19)14(15)26/h7-8,10-11,13-15,19,26H,4-6H2,1-3H3,(H,20,28)(H,21,23)(H,22,27)(H,24,25)(H,29,30). The molecule has 2 saturated heterocycles. The number of amides is 3. The number of carbonyl (C=O) groups is 5. The molecular formula is C19H29N3O11. The van der Waals surface area contributed by atoms with E-state index in [4.69, 9.17) is 24.4 Å². The maximum Gasteiger partial charge on any atom is 0.326 e. The van der Waals surface area contributed by atoms with E-state index < -0.39 is 84.9 Å². The number of ether oxygens (including phenoxy) is 3. The van der Waals surface area contributed by atoms with Gasteiger partial charge in [0.05, 0.1) is 6.61 Å². The average molecular weight is 475 g/mol. The minimum atomic E-state index is -1.44. The molecule has 6 N–H and O–H groups in total. The van der Waals surface area contributed by atoms with Gasteiger partial charge in [-0.3, -0.25) is 19.2 Å². The maximum atomic E-state index is 12.5. The summed E-state index contributed by atoms with van der Waals surface area (Å²) in [5.74, 6) is -4.61. The molecule has 14 nitrogen and oxygen atoms in total. The first-order valence-electron chi connectivity index (χ1n) is 10.3. The highest BCUT2D eigenvalue weighted by Crippen LogP contribution is 2.30. The number of carboxylic acid groups (broad SMARTS) is 2. The Kier molecular flexibility index (Phi) is 9.10. The van der Waals surface area contributed by atoms with Crippen LogP contribution in [0.5, 0.6) is 0 Å².